The minimum absolute atomic E-state index is 0.0740. The molecule has 0 saturated heterocycles. The summed E-state index contributed by atoms with van der Waals surface area (Å²) in [5.74, 6) is 3.78. The molecule has 2 aromatic rings. The number of nitrogens with one attached hydrogen (secondary N) is 1. The number of aliphatic hydroxyl groups excluding tert-OH is 1. The highest BCUT2D eigenvalue weighted by Gasteiger charge is 2.14. The molecule has 4 nitrogen and oxygen atoms in total. The molecular formula is C15H13FN2O2S. The van der Waals surface area contributed by atoms with Gasteiger partial charge in [0.15, 0.2) is 5.13 Å². The molecule has 2 rings (SSSR count). The smallest absolute Gasteiger partial charge is 0.260 e. The molecule has 1 aromatic heterocycles. The lowest BCUT2D eigenvalue weighted by Gasteiger charge is -2.03. The number of anilines is 1. The number of rotatable bonds is 2. The van der Waals surface area contributed by atoms with Gasteiger partial charge in [-0.3, -0.25) is 10.1 Å². The topological polar surface area (TPSA) is 62.2 Å². The van der Waals surface area contributed by atoms with Crippen LogP contribution in [0.1, 0.15) is 26.5 Å². The number of hydrogen-bond donors (Lipinski definition) is 2. The SMILES string of the molecule is Cc1nc(NC(=O)c2ccc(C#CCO)cc2F)sc1C. The summed E-state index contributed by atoms with van der Waals surface area (Å²) in [7, 11) is 0. The molecule has 0 bridgehead atoms. The summed E-state index contributed by atoms with van der Waals surface area (Å²) in [6.07, 6.45) is 0. The average molecular weight is 304 g/mol. The third-order valence-corrected chi connectivity index (χ3v) is 3.76. The molecule has 21 heavy (non-hydrogen) atoms. The molecule has 6 heteroatoms. The van der Waals surface area contributed by atoms with Crippen molar-refractivity contribution in [1.82, 2.24) is 4.98 Å². The summed E-state index contributed by atoms with van der Waals surface area (Å²) in [5.41, 5.74) is 1.17. The van der Waals surface area contributed by atoms with Gasteiger partial charge in [-0.15, -0.1) is 11.3 Å². The molecule has 0 radical (unpaired) electrons. The molecule has 0 aliphatic rings. The molecule has 2 N–H and O–H groups in total. The Kier molecular flexibility index (Phi) is 4.68. The number of hydrogen-bond acceptors (Lipinski definition) is 4. The standard InChI is InChI=1S/C15H13FN2O2S/c1-9-10(2)21-15(17-9)18-14(20)12-6-5-11(4-3-7-19)8-13(12)16/h5-6,8,19H,7H2,1-2H3,(H,17,18,20). The fraction of sp³-hybridized carbons (Fsp3) is 0.200. The van der Waals surface area contributed by atoms with Gasteiger partial charge >= 0.3 is 0 Å². The van der Waals surface area contributed by atoms with Crippen LogP contribution >= 0.6 is 11.3 Å². The predicted octanol–water partition coefficient (Wildman–Crippen LogP) is 2.50. The van der Waals surface area contributed by atoms with E-state index >= 15 is 0 Å². The number of aryl methyl sites for hydroxylation is 2. The fourth-order valence-electron chi connectivity index (χ4n) is 1.61. The lowest BCUT2D eigenvalue weighted by Crippen LogP contribution is -2.13. The lowest BCUT2D eigenvalue weighted by molar-refractivity contribution is 0.102. The number of amides is 1. The van der Waals surface area contributed by atoms with Crippen LogP contribution in [0.25, 0.3) is 0 Å². The highest BCUT2D eigenvalue weighted by Crippen LogP contribution is 2.22. The fourth-order valence-corrected chi connectivity index (χ4v) is 2.42. The van der Waals surface area contributed by atoms with Gasteiger partial charge in [0.05, 0.1) is 11.3 Å². The van der Waals surface area contributed by atoms with E-state index in [1.54, 1.807) is 0 Å². The third-order valence-electron chi connectivity index (χ3n) is 2.77. The van der Waals surface area contributed by atoms with Gasteiger partial charge in [0.1, 0.15) is 12.4 Å². The van der Waals surface area contributed by atoms with Crippen LogP contribution in [0.4, 0.5) is 9.52 Å². The zero-order valence-electron chi connectivity index (χ0n) is 11.5. The van der Waals surface area contributed by atoms with Crippen LogP contribution in [0.2, 0.25) is 0 Å². The van der Waals surface area contributed by atoms with E-state index in [1.807, 2.05) is 13.8 Å². The van der Waals surface area contributed by atoms with Gasteiger partial charge in [-0.2, -0.15) is 0 Å². The Labute approximate surface area is 125 Å². The van der Waals surface area contributed by atoms with Crippen molar-refractivity contribution in [3.8, 4) is 11.8 Å². The van der Waals surface area contributed by atoms with Gasteiger partial charge in [0, 0.05) is 10.4 Å². The number of aliphatic hydroxyl groups is 1. The number of thiazole rings is 1. The van der Waals surface area contributed by atoms with Crippen molar-refractivity contribution < 1.29 is 14.3 Å². The molecule has 0 atom stereocenters. The van der Waals surface area contributed by atoms with Gasteiger partial charge in [-0.25, -0.2) is 9.37 Å². The summed E-state index contributed by atoms with van der Waals surface area (Å²) in [5, 5.41) is 11.6. The first-order chi connectivity index (χ1) is 10.0. The number of carbonyl (C=O) groups excluding carboxylic acids is 1. The van der Waals surface area contributed by atoms with E-state index in [-0.39, 0.29) is 12.2 Å². The summed E-state index contributed by atoms with van der Waals surface area (Å²) in [4.78, 5) is 17.2. The summed E-state index contributed by atoms with van der Waals surface area (Å²) < 4.78 is 13.9. The van der Waals surface area contributed by atoms with E-state index in [1.165, 1.54) is 23.5 Å². The molecule has 0 aliphatic heterocycles. The zero-order valence-corrected chi connectivity index (χ0v) is 12.3. The Morgan fingerprint density at radius 2 is 2.24 bits per heavy atom. The Balaban J connectivity index is 2.19. The van der Waals surface area contributed by atoms with E-state index in [9.17, 15) is 9.18 Å². The van der Waals surface area contributed by atoms with E-state index < -0.39 is 11.7 Å². The van der Waals surface area contributed by atoms with Crippen molar-refractivity contribution in [3.05, 3.63) is 45.7 Å². The van der Waals surface area contributed by atoms with Crippen molar-refractivity contribution >= 4 is 22.4 Å². The summed E-state index contributed by atoms with van der Waals surface area (Å²) in [6, 6.07) is 4.05. The Morgan fingerprint density at radius 3 is 2.81 bits per heavy atom. The summed E-state index contributed by atoms with van der Waals surface area (Å²) >= 11 is 1.34. The molecule has 0 unspecified atom stereocenters. The van der Waals surface area contributed by atoms with Gasteiger partial charge in [0.25, 0.3) is 5.91 Å². The molecule has 1 amide bonds. The first-order valence-corrected chi connectivity index (χ1v) is 6.97. The highest BCUT2D eigenvalue weighted by molar-refractivity contribution is 7.15. The maximum Gasteiger partial charge on any atom is 0.260 e. The van der Waals surface area contributed by atoms with Crippen molar-refractivity contribution in [1.29, 1.82) is 0 Å². The molecule has 1 heterocycles. The van der Waals surface area contributed by atoms with Crippen LogP contribution < -0.4 is 5.32 Å². The largest absolute Gasteiger partial charge is 0.384 e. The Hall–Kier alpha value is -2.23. The van der Waals surface area contributed by atoms with E-state index in [0.29, 0.717) is 10.7 Å². The normalized spacial score (nSPS) is 9.90. The maximum atomic E-state index is 13.9. The first kappa shape index (κ1) is 15.2. The first-order valence-electron chi connectivity index (χ1n) is 6.16. The van der Waals surface area contributed by atoms with Crippen molar-refractivity contribution in [2.45, 2.75) is 13.8 Å². The minimum atomic E-state index is -0.665. The minimum Gasteiger partial charge on any atom is -0.384 e. The molecule has 108 valence electrons. The van der Waals surface area contributed by atoms with Gasteiger partial charge in [-0.05, 0) is 32.0 Å². The van der Waals surface area contributed by atoms with Crippen LogP contribution in [0.3, 0.4) is 0 Å². The summed E-state index contributed by atoms with van der Waals surface area (Å²) in [6.45, 7) is 3.45. The van der Waals surface area contributed by atoms with Crippen molar-refractivity contribution in [2.75, 3.05) is 11.9 Å². The number of benzene rings is 1. The van der Waals surface area contributed by atoms with E-state index in [4.69, 9.17) is 5.11 Å². The second-order valence-corrected chi connectivity index (χ2v) is 5.47. The van der Waals surface area contributed by atoms with Crippen LogP contribution in [-0.2, 0) is 0 Å². The molecule has 0 fully saturated rings. The number of halogens is 1. The monoisotopic (exact) mass is 304 g/mol. The van der Waals surface area contributed by atoms with Gasteiger partial charge in [0.2, 0.25) is 0 Å². The quantitative estimate of drug-likeness (QED) is 0.838. The molecule has 0 saturated carbocycles. The molecule has 1 aromatic carbocycles. The van der Waals surface area contributed by atoms with Crippen LogP contribution in [0.15, 0.2) is 18.2 Å². The Morgan fingerprint density at radius 1 is 1.48 bits per heavy atom. The highest BCUT2D eigenvalue weighted by atomic mass is 32.1. The lowest BCUT2D eigenvalue weighted by atomic mass is 10.1. The average Bonchev–Trinajstić information content (AvgIpc) is 2.74. The van der Waals surface area contributed by atoms with Crippen molar-refractivity contribution in [3.63, 3.8) is 0 Å². The second-order valence-electron chi connectivity index (χ2n) is 4.27. The molecule has 0 spiro atoms. The second kappa shape index (κ2) is 6.48. The number of carbonyl (C=O) groups is 1. The molecular weight excluding hydrogens is 291 g/mol. The zero-order chi connectivity index (χ0) is 15.4. The predicted molar refractivity (Wildman–Crippen MR) is 79.9 cm³/mol. The number of aromatic nitrogens is 1. The van der Waals surface area contributed by atoms with Gasteiger partial charge in [-0.1, -0.05) is 11.8 Å². The van der Waals surface area contributed by atoms with Gasteiger partial charge < -0.3 is 5.11 Å². The van der Waals surface area contributed by atoms with Crippen LogP contribution in [0.5, 0.6) is 0 Å². The Bertz CT molecular complexity index is 724. The third kappa shape index (κ3) is 3.66. The van der Waals surface area contributed by atoms with Crippen molar-refractivity contribution in [2.24, 2.45) is 0 Å². The van der Waals surface area contributed by atoms with E-state index in [0.717, 1.165) is 16.6 Å². The van der Waals surface area contributed by atoms with Crippen LogP contribution in [-0.4, -0.2) is 22.6 Å². The molecule has 0 aliphatic carbocycles. The van der Waals surface area contributed by atoms with E-state index in [2.05, 4.69) is 22.1 Å². The maximum absolute atomic E-state index is 13.9. The van der Waals surface area contributed by atoms with Crippen LogP contribution in [0, 0.1) is 31.5 Å². The number of nitrogens with zero attached hydrogens (tertiary/aromatic N) is 1.